The van der Waals surface area contributed by atoms with Crippen LogP contribution in [0.2, 0.25) is 0 Å². The van der Waals surface area contributed by atoms with Crippen LogP contribution in [0.5, 0.6) is 0 Å². The van der Waals surface area contributed by atoms with E-state index in [0.29, 0.717) is 60.2 Å². The third-order valence-corrected chi connectivity index (χ3v) is 6.15. The minimum Gasteiger partial charge on any atom is -0.444 e. The number of benzene rings is 1. The summed E-state index contributed by atoms with van der Waals surface area (Å²) in [5, 5.41) is 0. The van der Waals surface area contributed by atoms with Gasteiger partial charge >= 0.3 is 6.09 Å². The number of nitrogens with zero attached hydrogens (tertiary/aromatic N) is 7. The number of carbonyl (C=O) groups is 2. The zero-order valence-corrected chi connectivity index (χ0v) is 21.7. The molecule has 3 aromatic heterocycles. The quantitative estimate of drug-likeness (QED) is 0.379. The van der Waals surface area contributed by atoms with E-state index in [4.69, 9.17) is 4.74 Å². The topological polar surface area (TPSA) is 106 Å². The molecule has 0 bridgehead atoms. The minimum atomic E-state index is -2.72. The highest BCUT2D eigenvalue weighted by Crippen LogP contribution is 2.25. The van der Waals surface area contributed by atoms with Crippen LogP contribution in [0, 0.1) is 0 Å². The van der Waals surface area contributed by atoms with Crippen molar-refractivity contribution in [2.24, 2.45) is 0 Å². The maximum absolute atomic E-state index is 13.3. The first-order chi connectivity index (χ1) is 18.6. The normalized spacial score (nSPS) is 14.2. The molecule has 1 fully saturated rings. The summed E-state index contributed by atoms with van der Waals surface area (Å²) >= 11 is 0. The van der Waals surface area contributed by atoms with E-state index in [9.17, 15) is 18.4 Å². The van der Waals surface area contributed by atoms with Gasteiger partial charge in [0.05, 0.1) is 18.1 Å². The van der Waals surface area contributed by atoms with Crippen LogP contribution in [0.1, 0.15) is 43.2 Å². The summed E-state index contributed by atoms with van der Waals surface area (Å²) in [6.45, 7) is 7.01. The van der Waals surface area contributed by atoms with Gasteiger partial charge in [0.1, 0.15) is 17.0 Å². The SMILES string of the molecule is CC(C)(C)OC(=O)N1CCN(C(=O)c2cccc(-c3ccnc(-c4cnc5cnc(C(F)F)cn45)n3)c2)CC1. The van der Waals surface area contributed by atoms with E-state index < -0.39 is 12.0 Å². The number of rotatable bonds is 4. The van der Waals surface area contributed by atoms with Crippen molar-refractivity contribution in [1.82, 2.24) is 34.1 Å². The van der Waals surface area contributed by atoms with Crippen molar-refractivity contribution in [2.75, 3.05) is 26.2 Å². The van der Waals surface area contributed by atoms with Crippen molar-refractivity contribution in [2.45, 2.75) is 32.8 Å². The molecule has 5 rings (SSSR count). The molecular weight excluding hydrogens is 508 g/mol. The fourth-order valence-electron chi connectivity index (χ4n) is 4.24. The van der Waals surface area contributed by atoms with Crippen LogP contribution in [0.3, 0.4) is 0 Å². The van der Waals surface area contributed by atoms with E-state index in [2.05, 4.69) is 19.9 Å². The molecule has 1 aromatic carbocycles. The summed E-state index contributed by atoms with van der Waals surface area (Å²) < 4.78 is 33.3. The molecule has 0 atom stereocenters. The lowest BCUT2D eigenvalue weighted by Gasteiger charge is -2.35. The Bertz CT molecular complexity index is 1530. The fourth-order valence-corrected chi connectivity index (χ4v) is 4.24. The molecule has 0 N–H and O–H groups in total. The molecule has 1 aliphatic heterocycles. The molecule has 0 aliphatic carbocycles. The van der Waals surface area contributed by atoms with Crippen molar-refractivity contribution in [3.05, 3.63) is 66.4 Å². The van der Waals surface area contributed by atoms with Crippen molar-refractivity contribution in [3.8, 4) is 22.8 Å². The number of aromatic nitrogens is 5. The van der Waals surface area contributed by atoms with Crippen LogP contribution in [0.25, 0.3) is 28.4 Å². The van der Waals surface area contributed by atoms with Gasteiger partial charge < -0.3 is 14.5 Å². The third-order valence-electron chi connectivity index (χ3n) is 6.15. The zero-order chi connectivity index (χ0) is 27.7. The lowest BCUT2D eigenvalue weighted by Crippen LogP contribution is -2.51. The first-order valence-electron chi connectivity index (χ1n) is 12.4. The van der Waals surface area contributed by atoms with Crippen LogP contribution in [0.4, 0.5) is 13.6 Å². The van der Waals surface area contributed by atoms with Crippen molar-refractivity contribution in [1.29, 1.82) is 0 Å². The molecule has 12 heteroatoms. The number of imidazole rings is 1. The van der Waals surface area contributed by atoms with E-state index in [1.165, 1.54) is 23.0 Å². The maximum Gasteiger partial charge on any atom is 0.410 e. The van der Waals surface area contributed by atoms with Crippen LogP contribution >= 0.6 is 0 Å². The van der Waals surface area contributed by atoms with E-state index in [-0.39, 0.29) is 17.7 Å². The smallest absolute Gasteiger partial charge is 0.410 e. The highest BCUT2D eigenvalue weighted by Gasteiger charge is 2.28. The lowest BCUT2D eigenvalue weighted by atomic mass is 10.1. The number of fused-ring (bicyclic) bond motifs is 1. The Balaban J connectivity index is 1.34. The predicted octanol–water partition coefficient (Wildman–Crippen LogP) is 4.48. The maximum atomic E-state index is 13.3. The van der Waals surface area contributed by atoms with Gasteiger partial charge in [-0.25, -0.2) is 33.5 Å². The molecule has 1 aliphatic rings. The van der Waals surface area contributed by atoms with E-state index in [1.807, 2.05) is 26.8 Å². The van der Waals surface area contributed by atoms with E-state index in [1.54, 1.807) is 40.3 Å². The number of carbonyl (C=O) groups excluding carboxylic acids is 2. The summed E-state index contributed by atoms with van der Waals surface area (Å²) in [5.41, 5.74) is 1.61. The molecule has 2 amide bonds. The Morgan fingerprint density at radius 3 is 2.44 bits per heavy atom. The third kappa shape index (κ3) is 5.69. The number of ether oxygens (including phenoxy) is 1. The number of halogens is 2. The molecule has 4 heterocycles. The Kier molecular flexibility index (Phi) is 6.94. The van der Waals surface area contributed by atoms with Crippen LogP contribution in [-0.4, -0.2) is 77.9 Å². The molecule has 0 unspecified atom stereocenters. The van der Waals surface area contributed by atoms with Gasteiger partial charge in [0.25, 0.3) is 12.3 Å². The molecule has 0 saturated carbocycles. The predicted molar refractivity (Wildman–Crippen MR) is 138 cm³/mol. The second kappa shape index (κ2) is 10.4. The average molecular weight is 536 g/mol. The van der Waals surface area contributed by atoms with Crippen molar-refractivity contribution in [3.63, 3.8) is 0 Å². The number of piperazine rings is 1. The average Bonchev–Trinajstić information content (AvgIpc) is 3.35. The second-order valence-corrected chi connectivity index (χ2v) is 10.1. The Morgan fingerprint density at radius 2 is 1.72 bits per heavy atom. The molecule has 10 nitrogen and oxygen atoms in total. The molecule has 202 valence electrons. The van der Waals surface area contributed by atoms with Crippen LogP contribution in [0.15, 0.2) is 55.1 Å². The molecule has 0 spiro atoms. The standard InChI is InChI=1S/C27H27F2N7O3/c1-27(2,3)39-26(38)35-11-9-34(10-12-35)25(37)18-6-4-5-17(13-18)19-7-8-30-24(33-19)21-14-32-22-15-31-20(23(28)29)16-36(21)22/h4-8,13-16,23H,9-12H2,1-3H3. The highest BCUT2D eigenvalue weighted by atomic mass is 19.3. The second-order valence-electron chi connectivity index (χ2n) is 10.1. The van der Waals surface area contributed by atoms with E-state index >= 15 is 0 Å². The number of hydrogen-bond donors (Lipinski definition) is 0. The summed E-state index contributed by atoms with van der Waals surface area (Å²) in [5.74, 6) is 0.144. The van der Waals surface area contributed by atoms with Crippen molar-refractivity contribution >= 4 is 17.6 Å². The first-order valence-corrected chi connectivity index (χ1v) is 12.4. The Hall–Kier alpha value is -4.48. The van der Waals surface area contributed by atoms with Crippen LogP contribution in [-0.2, 0) is 4.74 Å². The van der Waals surface area contributed by atoms with Gasteiger partial charge in [-0.05, 0) is 39.0 Å². The monoisotopic (exact) mass is 535 g/mol. The number of amides is 2. The van der Waals surface area contributed by atoms with Crippen LogP contribution < -0.4 is 0 Å². The fraction of sp³-hybridized carbons (Fsp3) is 0.333. The molecule has 0 radical (unpaired) electrons. The van der Waals surface area contributed by atoms with Gasteiger partial charge in [-0.3, -0.25) is 9.20 Å². The van der Waals surface area contributed by atoms with Crippen molar-refractivity contribution < 1.29 is 23.1 Å². The zero-order valence-electron chi connectivity index (χ0n) is 21.7. The van der Waals surface area contributed by atoms with Gasteiger partial charge in [-0.15, -0.1) is 0 Å². The number of hydrogen-bond acceptors (Lipinski definition) is 7. The molecular formula is C27H27F2N7O3. The number of alkyl halides is 2. The first kappa shape index (κ1) is 26.1. The molecule has 4 aromatic rings. The summed E-state index contributed by atoms with van der Waals surface area (Å²) in [4.78, 5) is 45.8. The molecule has 39 heavy (non-hydrogen) atoms. The summed E-state index contributed by atoms with van der Waals surface area (Å²) in [7, 11) is 0. The van der Waals surface area contributed by atoms with Gasteiger partial charge in [0.15, 0.2) is 11.5 Å². The highest BCUT2D eigenvalue weighted by molar-refractivity contribution is 5.95. The van der Waals surface area contributed by atoms with Gasteiger partial charge in [0, 0.05) is 49.7 Å². The largest absolute Gasteiger partial charge is 0.444 e. The minimum absolute atomic E-state index is 0.149. The van der Waals surface area contributed by atoms with E-state index in [0.717, 1.165) is 0 Å². The molecule has 1 saturated heterocycles. The Labute approximate surface area is 223 Å². The lowest BCUT2D eigenvalue weighted by molar-refractivity contribution is 0.0141. The van der Waals surface area contributed by atoms with Gasteiger partial charge in [0.2, 0.25) is 0 Å². The summed E-state index contributed by atoms with van der Waals surface area (Å²) in [6.07, 6.45) is 2.46. The van der Waals surface area contributed by atoms with Gasteiger partial charge in [-0.2, -0.15) is 0 Å². The Morgan fingerprint density at radius 1 is 0.974 bits per heavy atom. The van der Waals surface area contributed by atoms with Gasteiger partial charge in [-0.1, -0.05) is 12.1 Å². The summed E-state index contributed by atoms with van der Waals surface area (Å²) in [6, 6.07) is 8.80.